The molecule has 0 aromatic carbocycles. The van der Waals surface area contributed by atoms with Crippen molar-refractivity contribution in [1.82, 2.24) is 15.2 Å². The molecule has 2 amide bonds. The lowest BCUT2D eigenvalue weighted by Crippen LogP contribution is -2.48. The monoisotopic (exact) mass is 355 g/mol. The number of aromatic nitrogens is 1. The van der Waals surface area contributed by atoms with E-state index < -0.39 is 5.97 Å². The van der Waals surface area contributed by atoms with Gasteiger partial charge in [-0.05, 0) is 40.0 Å². The van der Waals surface area contributed by atoms with E-state index in [0.29, 0.717) is 31.3 Å². The van der Waals surface area contributed by atoms with Crippen LogP contribution in [0.5, 0.6) is 0 Å². The Balaban J connectivity index is 2.80. The number of hydrogen-bond donors (Lipinski definition) is 1. The van der Waals surface area contributed by atoms with E-state index in [0.717, 1.165) is 11.4 Å². The van der Waals surface area contributed by atoms with Gasteiger partial charge in [0.05, 0.1) is 13.2 Å². The summed E-state index contributed by atoms with van der Waals surface area (Å²) in [5.74, 6) is 0.0780. The molecule has 136 valence electrons. The Bertz CT molecular complexity index is 550. The van der Waals surface area contributed by atoms with Gasteiger partial charge < -0.3 is 15.0 Å². The van der Waals surface area contributed by atoms with E-state index in [4.69, 9.17) is 4.74 Å². The minimum Gasteiger partial charge on any atom is -0.461 e. The summed E-state index contributed by atoms with van der Waals surface area (Å²) in [7, 11) is 0. The summed E-state index contributed by atoms with van der Waals surface area (Å²) < 4.78 is 4.95. The van der Waals surface area contributed by atoms with E-state index in [1.165, 1.54) is 11.3 Å². The molecule has 0 fully saturated rings. The summed E-state index contributed by atoms with van der Waals surface area (Å²) in [6.07, 6.45) is 0.910. The molecule has 0 radical (unpaired) electrons. The van der Waals surface area contributed by atoms with Gasteiger partial charge in [-0.1, -0.05) is 13.8 Å². The highest BCUT2D eigenvalue weighted by Gasteiger charge is 2.21. The fraction of sp³-hybridized carbons (Fsp3) is 0.706. The van der Waals surface area contributed by atoms with Crippen molar-refractivity contribution in [1.29, 1.82) is 0 Å². The molecule has 0 aliphatic carbocycles. The van der Waals surface area contributed by atoms with Gasteiger partial charge in [0.2, 0.25) is 0 Å². The van der Waals surface area contributed by atoms with Crippen LogP contribution < -0.4 is 5.32 Å². The van der Waals surface area contributed by atoms with Crippen LogP contribution in [0, 0.1) is 5.92 Å². The second-order valence-corrected chi connectivity index (χ2v) is 8.07. The van der Waals surface area contributed by atoms with Crippen molar-refractivity contribution in [3.05, 3.63) is 16.1 Å². The smallest absolute Gasteiger partial charge is 0.357 e. The van der Waals surface area contributed by atoms with Crippen LogP contribution >= 0.6 is 11.3 Å². The predicted molar refractivity (Wildman–Crippen MR) is 96.2 cm³/mol. The molecule has 6 nitrogen and oxygen atoms in total. The van der Waals surface area contributed by atoms with E-state index in [-0.39, 0.29) is 11.6 Å². The number of carbonyl (C=O) groups is 2. The van der Waals surface area contributed by atoms with E-state index in [2.05, 4.69) is 24.1 Å². The maximum absolute atomic E-state index is 12.5. The zero-order valence-corrected chi connectivity index (χ0v) is 16.3. The zero-order chi connectivity index (χ0) is 18.3. The molecule has 0 atom stereocenters. The van der Waals surface area contributed by atoms with Crippen molar-refractivity contribution < 1.29 is 14.3 Å². The minimum atomic E-state index is -0.423. The van der Waals surface area contributed by atoms with Crippen molar-refractivity contribution >= 4 is 23.3 Å². The summed E-state index contributed by atoms with van der Waals surface area (Å²) in [6.45, 7) is 13.2. The Morgan fingerprint density at radius 3 is 2.58 bits per heavy atom. The normalized spacial score (nSPS) is 11.5. The van der Waals surface area contributed by atoms with Crippen molar-refractivity contribution in [2.24, 2.45) is 5.92 Å². The highest BCUT2D eigenvalue weighted by molar-refractivity contribution is 7.09. The molecule has 1 aromatic rings. The first-order chi connectivity index (χ1) is 11.1. The maximum atomic E-state index is 12.5. The number of ether oxygens (including phenoxy) is 1. The summed E-state index contributed by atoms with van der Waals surface area (Å²) in [5.41, 5.74) is 0.00321. The van der Waals surface area contributed by atoms with Gasteiger partial charge in [-0.25, -0.2) is 14.6 Å². The largest absolute Gasteiger partial charge is 0.461 e. The van der Waals surface area contributed by atoms with Crippen LogP contribution in [0.15, 0.2) is 5.38 Å². The van der Waals surface area contributed by atoms with Gasteiger partial charge in [0, 0.05) is 17.5 Å². The van der Waals surface area contributed by atoms with Crippen LogP contribution in [-0.4, -0.2) is 40.6 Å². The van der Waals surface area contributed by atoms with Crippen molar-refractivity contribution in [3.8, 4) is 0 Å². The fourth-order valence-electron chi connectivity index (χ4n) is 1.91. The number of carbonyl (C=O) groups excluding carboxylic acids is 2. The SMILES string of the molecule is CCOC(=O)c1csc(CN(CCC(C)C)C(=O)NC(C)(C)C)n1. The van der Waals surface area contributed by atoms with E-state index >= 15 is 0 Å². The molecule has 1 rings (SSSR count). The number of rotatable bonds is 7. The Morgan fingerprint density at radius 2 is 2.04 bits per heavy atom. The third-order valence-corrected chi connectivity index (χ3v) is 3.94. The summed E-state index contributed by atoms with van der Waals surface area (Å²) in [5, 5.41) is 5.39. The molecule has 1 heterocycles. The Hall–Kier alpha value is -1.63. The molecule has 1 aromatic heterocycles. The first kappa shape index (κ1) is 20.4. The summed E-state index contributed by atoms with van der Waals surface area (Å²) in [6, 6.07) is -0.115. The molecular weight excluding hydrogens is 326 g/mol. The van der Waals surface area contributed by atoms with Gasteiger partial charge in [0.25, 0.3) is 0 Å². The third-order valence-electron chi connectivity index (χ3n) is 3.11. The van der Waals surface area contributed by atoms with Gasteiger partial charge in [-0.2, -0.15) is 0 Å². The average Bonchev–Trinajstić information content (AvgIpc) is 2.90. The standard InChI is InChI=1S/C17H29N3O3S/c1-7-23-15(21)13-11-24-14(18-13)10-20(9-8-12(2)3)16(22)19-17(4,5)6/h11-12H,7-10H2,1-6H3,(H,19,22). The lowest BCUT2D eigenvalue weighted by molar-refractivity contribution is 0.0520. The number of hydrogen-bond acceptors (Lipinski definition) is 5. The molecule has 0 saturated heterocycles. The zero-order valence-electron chi connectivity index (χ0n) is 15.5. The molecule has 24 heavy (non-hydrogen) atoms. The highest BCUT2D eigenvalue weighted by atomic mass is 32.1. The van der Waals surface area contributed by atoms with Crippen LogP contribution in [-0.2, 0) is 11.3 Å². The fourth-order valence-corrected chi connectivity index (χ4v) is 2.69. The van der Waals surface area contributed by atoms with Crippen LogP contribution in [0.2, 0.25) is 0 Å². The van der Waals surface area contributed by atoms with Crippen LogP contribution in [0.1, 0.15) is 63.5 Å². The second-order valence-electron chi connectivity index (χ2n) is 7.13. The van der Waals surface area contributed by atoms with E-state index in [9.17, 15) is 9.59 Å². The first-order valence-electron chi connectivity index (χ1n) is 8.31. The topological polar surface area (TPSA) is 71.5 Å². The van der Waals surface area contributed by atoms with Crippen LogP contribution in [0.25, 0.3) is 0 Å². The summed E-state index contributed by atoms with van der Waals surface area (Å²) in [4.78, 5) is 30.3. The lowest BCUT2D eigenvalue weighted by atomic mass is 10.1. The number of esters is 1. The number of amides is 2. The van der Waals surface area contributed by atoms with Gasteiger partial charge >= 0.3 is 12.0 Å². The summed E-state index contributed by atoms with van der Waals surface area (Å²) >= 11 is 1.37. The van der Waals surface area contributed by atoms with Crippen LogP contribution in [0.3, 0.4) is 0 Å². The van der Waals surface area contributed by atoms with Crippen molar-refractivity contribution in [2.45, 2.75) is 60.0 Å². The molecule has 7 heteroatoms. The number of nitrogens with zero attached hydrogens (tertiary/aromatic N) is 2. The lowest BCUT2D eigenvalue weighted by Gasteiger charge is -2.28. The maximum Gasteiger partial charge on any atom is 0.357 e. The first-order valence-corrected chi connectivity index (χ1v) is 9.19. The number of thiazole rings is 1. The van der Waals surface area contributed by atoms with Gasteiger partial charge in [0.1, 0.15) is 5.01 Å². The molecule has 1 N–H and O–H groups in total. The van der Waals surface area contributed by atoms with Gasteiger partial charge in [-0.15, -0.1) is 11.3 Å². The quantitative estimate of drug-likeness (QED) is 0.758. The Kier molecular flexibility index (Phi) is 7.66. The molecule has 0 aliphatic rings. The minimum absolute atomic E-state index is 0.115. The Morgan fingerprint density at radius 1 is 1.38 bits per heavy atom. The molecule has 0 saturated carbocycles. The molecular formula is C17H29N3O3S. The average molecular weight is 356 g/mol. The van der Waals surface area contributed by atoms with Gasteiger partial charge in [0.15, 0.2) is 5.69 Å². The van der Waals surface area contributed by atoms with E-state index in [1.807, 2.05) is 20.8 Å². The number of nitrogens with one attached hydrogen (secondary N) is 1. The van der Waals surface area contributed by atoms with Crippen molar-refractivity contribution in [3.63, 3.8) is 0 Å². The Labute approximate surface area is 148 Å². The predicted octanol–water partition coefficient (Wildman–Crippen LogP) is 3.68. The van der Waals surface area contributed by atoms with E-state index in [1.54, 1.807) is 17.2 Å². The number of urea groups is 1. The molecule has 0 unspecified atom stereocenters. The highest BCUT2D eigenvalue weighted by Crippen LogP contribution is 2.15. The molecule has 0 spiro atoms. The third kappa shape index (κ3) is 7.29. The van der Waals surface area contributed by atoms with Crippen molar-refractivity contribution in [2.75, 3.05) is 13.2 Å². The second kappa shape index (κ2) is 9.01. The van der Waals surface area contributed by atoms with Gasteiger partial charge in [-0.3, -0.25) is 0 Å². The van der Waals surface area contributed by atoms with Crippen LogP contribution in [0.4, 0.5) is 4.79 Å². The molecule has 0 aliphatic heterocycles. The molecule has 0 bridgehead atoms.